The summed E-state index contributed by atoms with van der Waals surface area (Å²) >= 11 is 5.81. The van der Waals surface area contributed by atoms with Crippen molar-refractivity contribution in [2.45, 2.75) is 13.8 Å². The van der Waals surface area contributed by atoms with E-state index in [0.717, 1.165) is 11.3 Å². The molecule has 0 bridgehead atoms. The number of aromatic nitrogens is 2. The van der Waals surface area contributed by atoms with Gasteiger partial charge < -0.3 is 4.90 Å². The first kappa shape index (κ1) is 12.8. The summed E-state index contributed by atoms with van der Waals surface area (Å²) in [4.78, 5) is 10.0. The van der Waals surface area contributed by atoms with Gasteiger partial charge in [-0.1, -0.05) is 6.07 Å². The predicted octanol–water partition coefficient (Wildman–Crippen LogP) is 3.74. The lowest BCUT2D eigenvalue weighted by Crippen LogP contribution is -2.19. The number of aryl methyl sites for hydroxylation is 1. The number of benzene rings is 1. The van der Waals surface area contributed by atoms with Gasteiger partial charge >= 0.3 is 0 Å². The van der Waals surface area contributed by atoms with E-state index in [4.69, 9.17) is 11.6 Å². The topological polar surface area (TPSA) is 29.0 Å². The third-order valence-electron chi connectivity index (χ3n) is 2.61. The van der Waals surface area contributed by atoms with Crippen LogP contribution in [-0.2, 0) is 0 Å². The van der Waals surface area contributed by atoms with Crippen LogP contribution in [-0.4, -0.2) is 16.5 Å². The molecule has 94 valence electrons. The zero-order chi connectivity index (χ0) is 13.1. The van der Waals surface area contributed by atoms with E-state index in [0.29, 0.717) is 12.4 Å². The summed E-state index contributed by atoms with van der Waals surface area (Å²) < 4.78 is 13.3. The standard InChI is InChI=1S/C13H13ClFN3/c1-3-18(11-6-4-5-10(15)7-11)12-9(2)8-16-13(14)17-12/h4-8H,3H2,1-2H3. The first-order chi connectivity index (χ1) is 8.61. The van der Waals surface area contributed by atoms with Gasteiger partial charge in [0, 0.05) is 24.0 Å². The lowest BCUT2D eigenvalue weighted by molar-refractivity contribution is 0.627. The highest BCUT2D eigenvalue weighted by atomic mass is 35.5. The van der Waals surface area contributed by atoms with Crippen molar-refractivity contribution in [3.05, 3.63) is 47.1 Å². The summed E-state index contributed by atoms with van der Waals surface area (Å²) in [7, 11) is 0. The number of rotatable bonds is 3. The van der Waals surface area contributed by atoms with Crippen molar-refractivity contribution in [3.8, 4) is 0 Å². The number of nitrogens with zero attached hydrogens (tertiary/aromatic N) is 3. The fourth-order valence-corrected chi connectivity index (χ4v) is 1.91. The minimum Gasteiger partial charge on any atom is -0.326 e. The molecule has 1 aromatic carbocycles. The van der Waals surface area contributed by atoms with Crippen LogP contribution in [0.4, 0.5) is 15.9 Å². The second-order valence-corrected chi connectivity index (χ2v) is 4.21. The smallest absolute Gasteiger partial charge is 0.224 e. The van der Waals surface area contributed by atoms with E-state index in [1.165, 1.54) is 12.1 Å². The van der Waals surface area contributed by atoms with Crippen LogP contribution in [0.15, 0.2) is 30.5 Å². The molecule has 0 amide bonds. The van der Waals surface area contributed by atoms with Gasteiger partial charge in [0.2, 0.25) is 5.28 Å². The second-order valence-electron chi connectivity index (χ2n) is 3.87. The van der Waals surface area contributed by atoms with Crippen LogP contribution in [0.3, 0.4) is 0 Å². The molecular weight excluding hydrogens is 253 g/mol. The van der Waals surface area contributed by atoms with Crippen LogP contribution in [0.5, 0.6) is 0 Å². The molecule has 2 aromatic rings. The van der Waals surface area contributed by atoms with Crippen molar-refractivity contribution in [3.63, 3.8) is 0 Å². The molecule has 0 atom stereocenters. The fourth-order valence-electron chi connectivity index (χ4n) is 1.78. The van der Waals surface area contributed by atoms with E-state index in [9.17, 15) is 4.39 Å². The minimum atomic E-state index is -0.274. The lowest BCUT2D eigenvalue weighted by Gasteiger charge is -2.23. The summed E-state index contributed by atoms with van der Waals surface area (Å²) in [6, 6.07) is 6.39. The maximum atomic E-state index is 13.3. The molecule has 0 aliphatic carbocycles. The molecule has 0 saturated heterocycles. The van der Waals surface area contributed by atoms with E-state index < -0.39 is 0 Å². The Morgan fingerprint density at radius 3 is 2.83 bits per heavy atom. The Morgan fingerprint density at radius 1 is 1.39 bits per heavy atom. The summed E-state index contributed by atoms with van der Waals surface area (Å²) in [5, 5.41) is 0.186. The van der Waals surface area contributed by atoms with Gasteiger partial charge in [0.25, 0.3) is 0 Å². The molecule has 0 saturated carbocycles. The van der Waals surface area contributed by atoms with Crippen molar-refractivity contribution in [1.29, 1.82) is 0 Å². The highest BCUT2D eigenvalue weighted by molar-refractivity contribution is 6.28. The Hall–Kier alpha value is -1.68. The largest absolute Gasteiger partial charge is 0.326 e. The molecule has 1 heterocycles. The van der Waals surface area contributed by atoms with Gasteiger partial charge in [-0.2, -0.15) is 4.98 Å². The van der Waals surface area contributed by atoms with E-state index in [1.54, 1.807) is 12.3 Å². The Bertz CT molecular complexity index is 560. The van der Waals surface area contributed by atoms with Crippen LogP contribution >= 0.6 is 11.6 Å². The van der Waals surface area contributed by atoms with Gasteiger partial charge in [0.15, 0.2) is 0 Å². The normalized spacial score (nSPS) is 10.4. The molecular formula is C13H13ClFN3. The van der Waals surface area contributed by atoms with E-state index >= 15 is 0 Å². The quantitative estimate of drug-likeness (QED) is 0.792. The molecule has 0 radical (unpaired) electrons. The van der Waals surface area contributed by atoms with Crippen LogP contribution in [0, 0.1) is 12.7 Å². The first-order valence-electron chi connectivity index (χ1n) is 5.64. The highest BCUT2D eigenvalue weighted by Gasteiger charge is 2.13. The third kappa shape index (κ3) is 2.59. The molecule has 0 aliphatic heterocycles. The summed E-state index contributed by atoms with van der Waals surface area (Å²) in [6.07, 6.45) is 1.66. The van der Waals surface area contributed by atoms with Crippen molar-refractivity contribution in [2.75, 3.05) is 11.4 Å². The molecule has 2 rings (SSSR count). The Morgan fingerprint density at radius 2 is 2.17 bits per heavy atom. The zero-order valence-corrected chi connectivity index (χ0v) is 10.9. The number of hydrogen-bond acceptors (Lipinski definition) is 3. The van der Waals surface area contributed by atoms with Crippen LogP contribution in [0.1, 0.15) is 12.5 Å². The average molecular weight is 266 g/mol. The molecule has 0 aliphatic rings. The van der Waals surface area contributed by atoms with Crippen molar-refractivity contribution in [2.24, 2.45) is 0 Å². The Balaban J connectivity index is 2.48. The molecule has 3 nitrogen and oxygen atoms in total. The summed E-state index contributed by atoms with van der Waals surface area (Å²) in [5.74, 6) is 0.423. The van der Waals surface area contributed by atoms with Crippen LogP contribution < -0.4 is 4.90 Å². The molecule has 0 unspecified atom stereocenters. The van der Waals surface area contributed by atoms with Crippen LogP contribution in [0.25, 0.3) is 0 Å². The predicted molar refractivity (Wildman–Crippen MR) is 70.9 cm³/mol. The molecule has 0 N–H and O–H groups in total. The molecule has 0 fully saturated rings. The number of hydrogen-bond donors (Lipinski definition) is 0. The molecule has 5 heteroatoms. The minimum absolute atomic E-state index is 0.186. The van der Waals surface area contributed by atoms with Crippen molar-refractivity contribution >= 4 is 23.1 Å². The van der Waals surface area contributed by atoms with Gasteiger partial charge in [-0.05, 0) is 43.6 Å². The van der Waals surface area contributed by atoms with Gasteiger partial charge in [-0.25, -0.2) is 9.37 Å². The molecule has 1 aromatic heterocycles. The van der Waals surface area contributed by atoms with Gasteiger partial charge in [0.1, 0.15) is 11.6 Å². The van der Waals surface area contributed by atoms with E-state index in [2.05, 4.69) is 9.97 Å². The Labute approximate surface area is 110 Å². The van der Waals surface area contributed by atoms with E-state index in [-0.39, 0.29) is 11.1 Å². The van der Waals surface area contributed by atoms with Crippen molar-refractivity contribution in [1.82, 2.24) is 9.97 Å². The maximum absolute atomic E-state index is 13.3. The van der Waals surface area contributed by atoms with Gasteiger partial charge in [-0.3, -0.25) is 0 Å². The first-order valence-corrected chi connectivity index (χ1v) is 6.02. The third-order valence-corrected chi connectivity index (χ3v) is 2.79. The molecule has 0 spiro atoms. The van der Waals surface area contributed by atoms with E-state index in [1.807, 2.05) is 24.8 Å². The maximum Gasteiger partial charge on any atom is 0.224 e. The zero-order valence-electron chi connectivity index (χ0n) is 10.2. The second kappa shape index (κ2) is 5.31. The number of anilines is 2. The van der Waals surface area contributed by atoms with Crippen molar-refractivity contribution < 1.29 is 4.39 Å². The SMILES string of the molecule is CCN(c1cccc(F)c1)c1nc(Cl)ncc1C. The van der Waals surface area contributed by atoms with Gasteiger partial charge in [0.05, 0.1) is 0 Å². The summed E-state index contributed by atoms with van der Waals surface area (Å²) in [6.45, 7) is 4.53. The lowest BCUT2D eigenvalue weighted by atomic mass is 10.2. The monoisotopic (exact) mass is 265 g/mol. The summed E-state index contributed by atoms with van der Waals surface area (Å²) in [5.41, 5.74) is 1.64. The number of halogens is 2. The van der Waals surface area contributed by atoms with Gasteiger partial charge in [-0.15, -0.1) is 0 Å². The highest BCUT2D eigenvalue weighted by Crippen LogP contribution is 2.27. The average Bonchev–Trinajstić information content (AvgIpc) is 2.35. The van der Waals surface area contributed by atoms with Crippen LogP contribution in [0.2, 0.25) is 5.28 Å². The molecule has 18 heavy (non-hydrogen) atoms. The fraction of sp³-hybridized carbons (Fsp3) is 0.231. The Kier molecular flexibility index (Phi) is 3.77.